The molecule has 0 aliphatic carbocycles. The molecule has 2 aromatic carbocycles. The van der Waals surface area contributed by atoms with Gasteiger partial charge < -0.3 is 4.74 Å². The predicted molar refractivity (Wildman–Crippen MR) is 103 cm³/mol. The molecule has 0 aliphatic heterocycles. The van der Waals surface area contributed by atoms with Crippen molar-refractivity contribution in [3.8, 4) is 0 Å². The van der Waals surface area contributed by atoms with Crippen LogP contribution in [0.3, 0.4) is 0 Å². The van der Waals surface area contributed by atoms with Gasteiger partial charge in [-0.1, -0.05) is 59.6 Å². The molecule has 7 heteroatoms. The molecule has 0 saturated heterocycles. The lowest BCUT2D eigenvalue weighted by Gasteiger charge is -2.13. The molecular formula is C18H21Cl2NO3S. The molecule has 1 unspecified atom stereocenters. The largest absolute Gasteiger partial charge is 0.374 e. The number of hydrogen-bond acceptors (Lipinski definition) is 3. The Hall–Kier alpha value is -1.11. The Kier molecular flexibility index (Phi) is 7.72. The second-order valence-corrected chi connectivity index (χ2v) is 8.30. The van der Waals surface area contributed by atoms with Crippen molar-refractivity contribution in [1.29, 1.82) is 0 Å². The van der Waals surface area contributed by atoms with Crippen molar-refractivity contribution < 1.29 is 13.2 Å². The molecule has 136 valence electrons. The smallest absolute Gasteiger partial charge is 0.215 e. The zero-order chi connectivity index (χ0) is 18.3. The Morgan fingerprint density at radius 3 is 2.48 bits per heavy atom. The minimum atomic E-state index is -3.42. The Bertz CT molecular complexity index is 782. The van der Waals surface area contributed by atoms with Crippen molar-refractivity contribution in [1.82, 2.24) is 4.72 Å². The highest BCUT2D eigenvalue weighted by Crippen LogP contribution is 2.23. The third kappa shape index (κ3) is 6.96. The van der Waals surface area contributed by atoms with Crippen LogP contribution in [0, 0.1) is 0 Å². The first-order valence-corrected chi connectivity index (χ1v) is 10.4. The van der Waals surface area contributed by atoms with Gasteiger partial charge in [0.15, 0.2) is 0 Å². The monoisotopic (exact) mass is 401 g/mol. The van der Waals surface area contributed by atoms with E-state index in [0.717, 1.165) is 5.56 Å². The van der Waals surface area contributed by atoms with Crippen LogP contribution in [0.25, 0.3) is 0 Å². The number of nitrogens with one attached hydrogen (secondary N) is 1. The van der Waals surface area contributed by atoms with Crippen LogP contribution in [0.1, 0.15) is 30.6 Å². The molecule has 0 saturated carbocycles. The van der Waals surface area contributed by atoms with E-state index in [2.05, 4.69) is 4.72 Å². The van der Waals surface area contributed by atoms with E-state index in [1.165, 1.54) is 0 Å². The molecule has 0 radical (unpaired) electrons. The molecule has 2 aromatic rings. The lowest BCUT2D eigenvalue weighted by molar-refractivity contribution is 0.0647. The van der Waals surface area contributed by atoms with Gasteiger partial charge in [-0.05, 0) is 36.6 Å². The van der Waals surface area contributed by atoms with E-state index >= 15 is 0 Å². The van der Waals surface area contributed by atoms with E-state index < -0.39 is 10.0 Å². The molecule has 0 amide bonds. The van der Waals surface area contributed by atoms with Gasteiger partial charge in [-0.25, -0.2) is 13.1 Å². The van der Waals surface area contributed by atoms with E-state index in [4.69, 9.17) is 27.9 Å². The van der Waals surface area contributed by atoms with Crippen LogP contribution in [0.15, 0.2) is 48.5 Å². The number of benzene rings is 2. The third-order valence-corrected chi connectivity index (χ3v) is 5.72. The quantitative estimate of drug-likeness (QED) is 0.625. The molecule has 4 nitrogen and oxygen atoms in total. The fraction of sp³-hybridized carbons (Fsp3) is 0.333. The van der Waals surface area contributed by atoms with Gasteiger partial charge in [0.1, 0.15) is 0 Å². The van der Waals surface area contributed by atoms with Gasteiger partial charge in [0.05, 0.1) is 21.9 Å². The SMILES string of the molecule is CC(OCCCNS(=O)(=O)Cc1ccc(Cl)c(Cl)c1)c1ccccc1. The molecule has 0 spiro atoms. The lowest BCUT2D eigenvalue weighted by Crippen LogP contribution is -2.27. The summed E-state index contributed by atoms with van der Waals surface area (Å²) in [5, 5.41) is 0.748. The molecule has 1 N–H and O–H groups in total. The topological polar surface area (TPSA) is 55.4 Å². The average molecular weight is 402 g/mol. The molecule has 0 bridgehead atoms. The fourth-order valence-electron chi connectivity index (χ4n) is 2.28. The van der Waals surface area contributed by atoms with Crippen molar-refractivity contribution >= 4 is 33.2 Å². The van der Waals surface area contributed by atoms with E-state index in [0.29, 0.717) is 35.2 Å². The van der Waals surface area contributed by atoms with Crippen molar-refractivity contribution in [3.63, 3.8) is 0 Å². The highest BCUT2D eigenvalue weighted by Gasteiger charge is 2.12. The first-order chi connectivity index (χ1) is 11.9. The first-order valence-electron chi connectivity index (χ1n) is 7.95. The standard InChI is InChI=1S/C18H21Cl2NO3S/c1-14(16-6-3-2-4-7-16)24-11-5-10-21-25(22,23)13-15-8-9-17(19)18(20)12-15/h2-4,6-9,12,14,21H,5,10-11,13H2,1H3. The Morgan fingerprint density at radius 1 is 1.08 bits per heavy atom. The highest BCUT2D eigenvalue weighted by molar-refractivity contribution is 7.88. The van der Waals surface area contributed by atoms with Crippen LogP contribution in [-0.2, 0) is 20.5 Å². The molecule has 0 aromatic heterocycles. The maximum Gasteiger partial charge on any atom is 0.215 e. The van der Waals surface area contributed by atoms with E-state index in [9.17, 15) is 8.42 Å². The van der Waals surface area contributed by atoms with Crippen molar-refractivity contribution in [2.45, 2.75) is 25.2 Å². The normalized spacial score (nSPS) is 12.9. The van der Waals surface area contributed by atoms with Crippen LogP contribution in [0.4, 0.5) is 0 Å². The highest BCUT2D eigenvalue weighted by atomic mass is 35.5. The predicted octanol–water partition coefficient (Wildman–Crippen LogP) is 4.58. The van der Waals surface area contributed by atoms with Crippen LogP contribution in [0.5, 0.6) is 0 Å². The molecule has 25 heavy (non-hydrogen) atoms. The van der Waals surface area contributed by atoms with Crippen LogP contribution >= 0.6 is 23.2 Å². The maximum absolute atomic E-state index is 12.1. The van der Waals surface area contributed by atoms with Gasteiger partial charge in [0.25, 0.3) is 0 Å². The van der Waals surface area contributed by atoms with Crippen LogP contribution in [-0.4, -0.2) is 21.6 Å². The van der Waals surface area contributed by atoms with E-state index in [1.807, 2.05) is 37.3 Å². The maximum atomic E-state index is 12.1. The van der Waals surface area contributed by atoms with E-state index in [-0.39, 0.29) is 11.9 Å². The second-order valence-electron chi connectivity index (χ2n) is 5.68. The summed E-state index contributed by atoms with van der Waals surface area (Å²) >= 11 is 11.7. The average Bonchev–Trinajstić information content (AvgIpc) is 2.58. The Morgan fingerprint density at radius 2 is 1.80 bits per heavy atom. The van der Waals surface area contributed by atoms with Crippen LogP contribution < -0.4 is 4.72 Å². The minimum absolute atomic E-state index is 0.0194. The van der Waals surface area contributed by atoms with E-state index in [1.54, 1.807) is 18.2 Å². The summed E-state index contributed by atoms with van der Waals surface area (Å²) in [6, 6.07) is 14.7. The summed E-state index contributed by atoms with van der Waals surface area (Å²) in [7, 11) is -3.42. The van der Waals surface area contributed by atoms with Crippen molar-refractivity contribution in [2.75, 3.05) is 13.2 Å². The summed E-state index contributed by atoms with van der Waals surface area (Å²) in [4.78, 5) is 0. The van der Waals surface area contributed by atoms with Gasteiger partial charge in [-0.3, -0.25) is 0 Å². The number of hydrogen-bond donors (Lipinski definition) is 1. The van der Waals surface area contributed by atoms with Crippen molar-refractivity contribution in [2.24, 2.45) is 0 Å². The molecule has 1 atom stereocenters. The first kappa shape index (κ1) is 20.2. The molecular weight excluding hydrogens is 381 g/mol. The minimum Gasteiger partial charge on any atom is -0.374 e. The van der Waals surface area contributed by atoms with Gasteiger partial charge in [0, 0.05) is 13.2 Å². The summed E-state index contributed by atoms with van der Waals surface area (Å²) in [6.07, 6.45) is 0.576. The fourth-order valence-corrected chi connectivity index (χ4v) is 3.78. The van der Waals surface area contributed by atoms with Gasteiger partial charge >= 0.3 is 0 Å². The van der Waals surface area contributed by atoms with Gasteiger partial charge in [-0.15, -0.1) is 0 Å². The Labute approximate surface area is 159 Å². The number of ether oxygens (including phenoxy) is 1. The van der Waals surface area contributed by atoms with Crippen LogP contribution in [0.2, 0.25) is 10.0 Å². The van der Waals surface area contributed by atoms with Crippen molar-refractivity contribution in [3.05, 3.63) is 69.7 Å². The van der Waals surface area contributed by atoms with Gasteiger partial charge in [-0.2, -0.15) is 0 Å². The molecule has 0 heterocycles. The summed E-state index contributed by atoms with van der Waals surface area (Å²) in [5.74, 6) is -0.134. The summed E-state index contributed by atoms with van der Waals surface area (Å²) < 4.78 is 32.5. The number of sulfonamides is 1. The number of halogens is 2. The zero-order valence-electron chi connectivity index (χ0n) is 13.9. The lowest BCUT2D eigenvalue weighted by atomic mass is 10.1. The summed E-state index contributed by atoms with van der Waals surface area (Å²) in [6.45, 7) is 2.78. The third-order valence-electron chi connectivity index (χ3n) is 3.62. The molecule has 0 fully saturated rings. The zero-order valence-corrected chi connectivity index (χ0v) is 16.2. The molecule has 2 rings (SSSR count). The van der Waals surface area contributed by atoms with Gasteiger partial charge in [0.2, 0.25) is 10.0 Å². The molecule has 0 aliphatic rings. The number of rotatable bonds is 9. The summed E-state index contributed by atoms with van der Waals surface area (Å²) in [5.41, 5.74) is 1.69. The second kappa shape index (κ2) is 9.55. The Balaban J connectivity index is 1.72.